The van der Waals surface area contributed by atoms with Crippen LogP contribution < -0.4 is 5.32 Å². The Morgan fingerprint density at radius 2 is 2.35 bits per heavy atom. The normalized spacial score (nSPS) is 11.8. The van der Waals surface area contributed by atoms with Crippen molar-refractivity contribution in [3.05, 3.63) is 45.4 Å². The maximum absolute atomic E-state index is 8.89. The Bertz CT molecular complexity index is 545. The van der Waals surface area contributed by atoms with Gasteiger partial charge in [-0.3, -0.25) is 0 Å². The molecule has 0 spiro atoms. The maximum Gasteiger partial charge on any atom is 0.101 e. The van der Waals surface area contributed by atoms with Crippen molar-refractivity contribution in [1.82, 2.24) is 4.98 Å². The number of nitrogens with one attached hydrogen (secondary N) is 1. The summed E-state index contributed by atoms with van der Waals surface area (Å²) >= 11 is 7.44. The molecule has 1 aromatic carbocycles. The molecule has 2 rings (SSSR count). The van der Waals surface area contributed by atoms with Gasteiger partial charge in [0.25, 0.3) is 0 Å². The summed E-state index contributed by atoms with van der Waals surface area (Å²) in [6, 6.07) is 7.48. The first-order valence-electron chi connectivity index (χ1n) is 5.05. The van der Waals surface area contributed by atoms with Crippen molar-refractivity contribution in [2.75, 3.05) is 5.32 Å². The van der Waals surface area contributed by atoms with Gasteiger partial charge in [-0.2, -0.15) is 5.26 Å². The van der Waals surface area contributed by atoms with Crippen LogP contribution in [0.4, 0.5) is 5.69 Å². The lowest BCUT2D eigenvalue weighted by molar-refractivity contribution is 0.850. The molecule has 17 heavy (non-hydrogen) atoms. The maximum atomic E-state index is 8.89. The number of thiazole rings is 1. The van der Waals surface area contributed by atoms with Crippen LogP contribution in [0, 0.1) is 11.3 Å². The van der Waals surface area contributed by atoms with Gasteiger partial charge in [-0.25, -0.2) is 4.98 Å². The Labute approximate surface area is 109 Å². The second-order valence-electron chi connectivity index (χ2n) is 3.59. The number of hydrogen-bond acceptors (Lipinski definition) is 4. The second kappa shape index (κ2) is 5.17. The number of benzene rings is 1. The zero-order valence-electron chi connectivity index (χ0n) is 9.14. The number of aromatic nitrogens is 1. The van der Waals surface area contributed by atoms with Crippen LogP contribution in [0.1, 0.15) is 24.2 Å². The molecular formula is C12H10ClN3S. The van der Waals surface area contributed by atoms with E-state index in [1.165, 1.54) is 0 Å². The van der Waals surface area contributed by atoms with E-state index in [1.807, 2.05) is 18.4 Å². The monoisotopic (exact) mass is 263 g/mol. The third kappa shape index (κ3) is 2.76. The predicted molar refractivity (Wildman–Crippen MR) is 70.3 cm³/mol. The number of hydrogen-bond donors (Lipinski definition) is 1. The molecule has 3 nitrogen and oxygen atoms in total. The Balaban J connectivity index is 2.17. The summed E-state index contributed by atoms with van der Waals surface area (Å²) in [6.45, 7) is 2.02. The Morgan fingerprint density at radius 3 is 3.00 bits per heavy atom. The fourth-order valence-electron chi connectivity index (χ4n) is 1.46. The fraction of sp³-hybridized carbons (Fsp3) is 0.167. The van der Waals surface area contributed by atoms with Crippen LogP contribution in [0.15, 0.2) is 29.1 Å². The van der Waals surface area contributed by atoms with Crippen LogP contribution in [0.5, 0.6) is 0 Å². The van der Waals surface area contributed by atoms with Gasteiger partial charge in [0.15, 0.2) is 0 Å². The van der Waals surface area contributed by atoms with Crippen molar-refractivity contribution in [3.63, 3.8) is 0 Å². The van der Waals surface area contributed by atoms with E-state index in [-0.39, 0.29) is 6.04 Å². The van der Waals surface area contributed by atoms with Gasteiger partial charge in [0.2, 0.25) is 0 Å². The first kappa shape index (κ1) is 11.9. The zero-order chi connectivity index (χ0) is 12.3. The molecule has 0 aliphatic carbocycles. The standard InChI is InChI=1S/C12H10ClN3S/c1-8(12-6-17-7-15-12)16-10-2-3-11(13)9(4-10)5-14/h2-4,6-8,16H,1H3. The highest BCUT2D eigenvalue weighted by Gasteiger charge is 2.08. The lowest BCUT2D eigenvalue weighted by atomic mass is 10.2. The Kier molecular flexibility index (Phi) is 3.62. The van der Waals surface area contributed by atoms with E-state index in [9.17, 15) is 0 Å². The topological polar surface area (TPSA) is 48.7 Å². The van der Waals surface area contributed by atoms with Gasteiger partial charge in [0, 0.05) is 11.1 Å². The van der Waals surface area contributed by atoms with Gasteiger partial charge in [0.05, 0.1) is 27.8 Å². The Morgan fingerprint density at radius 1 is 1.53 bits per heavy atom. The molecule has 1 aromatic heterocycles. The van der Waals surface area contributed by atoms with Gasteiger partial charge in [-0.05, 0) is 25.1 Å². The van der Waals surface area contributed by atoms with E-state index in [2.05, 4.69) is 16.4 Å². The zero-order valence-corrected chi connectivity index (χ0v) is 10.7. The number of nitrogens with zero attached hydrogens (tertiary/aromatic N) is 2. The summed E-state index contributed by atoms with van der Waals surface area (Å²) < 4.78 is 0. The molecule has 1 heterocycles. The molecule has 0 bridgehead atoms. The average Bonchev–Trinajstić information content (AvgIpc) is 2.85. The minimum absolute atomic E-state index is 0.106. The van der Waals surface area contributed by atoms with Gasteiger partial charge in [-0.1, -0.05) is 11.6 Å². The van der Waals surface area contributed by atoms with E-state index >= 15 is 0 Å². The lowest BCUT2D eigenvalue weighted by Crippen LogP contribution is -2.06. The number of anilines is 1. The van der Waals surface area contributed by atoms with E-state index in [0.717, 1.165) is 11.4 Å². The minimum Gasteiger partial charge on any atom is -0.377 e. The summed E-state index contributed by atoms with van der Waals surface area (Å²) in [7, 11) is 0. The van der Waals surface area contributed by atoms with E-state index in [0.29, 0.717) is 10.6 Å². The van der Waals surface area contributed by atoms with Crippen LogP contribution in [0.3, 0.4) is 0 Å². The molecule has 2 aromatic rings. The molecule has 0 saturated heterocycles. The minimum atomic E-state index is 0.106. The van der Waals surface area contributed by atoms with Crippen molar-refractivity contribution in [2.45, 2.75) is 13.0 Å². The Hall–Kier alpha value is -1.57. The summed E-state index contributed by atoms with van der Waals surface area (Å²) in [6.07, 6.45) is 0. The molecule has 1 unspecified atom stereocenters. The van der Waals surface area contributed by atoms with Crippen molar-refractivity contribution in [3.8, 4) is 6.07 Å². The van der Waals surface area contributed by atoms with Gasteiger partial charge in [0.1, 0.15) is 6.07 Å². The van der Waals surface area contributed by atoms with Crippen LogP contribution in [-0.4, -0.2) is 4.98 Å². The molecule has 0 fully saturated rings. The van der Waals surface area contributed by atoms with Crippen LogP contribution >= 0.6 is 22.9 Å². The van der Waals surface area contributed by atoms with Gasteiger partial charge < -0.3 is 5.32 Å². The number of rotatable bonds is 3. The van der Waals surface area contributed by atoms with Crippen molar-refractivity contribution in [1.29, 1.82) is 5.26 Å². The summed E-state index contributed by atoms with van der Waals surface area (Å²) in [5.74, 6) is 0. The average molecular weight is 264 g/mol. The molecule has 5 heteroatoms. The molecule has 0 amide bonds. The SMILES string of the molecule is CC(Nc1ccc(Cl)c(C#N)c1)c1cscn1. The quantitative estimate of drug-likeness (QED) is 0.915. The molecule has 86 valence electrons. The molecule has 1 atom stereocenters. The highest BCUT2D eigenvalue weighted by atomic mass is 35.5. The lowest BCUT2D eigenvalue weighted by Gasteiger charge is -2.13. The van der Waals surface area contributed by atoms with E-state index in [1.54, 1.807) is 29.0 Å². The second-order valence-corrected chi connectivity index (χ2v) is 4.71. The fourth-order valence-corrected chi connectivity index (χ4v) is 2.27. The smallest absolute Gasteiger partial charge is 0.101 e. The summed E-state index contributed by atoms with van der Waals surface area (Å²) in [4.78, 5) is 4.24. The largest absolute Gasteiger partial charge is 0.377 e. The van der Waals surface area contributed by atoms with Crippen LogP contribution in [-0.2, 0) is 0 Å². The number of nitriles is 1. The number of halogens is 1. The van der Waals surface area contributed by atoms with Crippen molar-refractivity contribution >= 4 is 28.6 Å². The highest BCUT2D eigenvalue weighted by Crippen LogP contribution is 2.23. The van der Waals surface area contributed by atoms with Gasteiger partial charge in [-0.15, -0.1) is 11.3 Å². The first-order chi connectivity index (χ1) is 8.20. The summed E-state index contributed by atoms with van der Waals surface area (Å²) in [5, 5.41) is 14.6. The van der Waals surface area contributed by atoms with E-state index < -0.39 is 0 Å². The van der Waals surface area contributed by atoms with Crippen molar-refractivity contribution < 1.29 is 0 Å². The van der Waals surface area contributed by atoms with E-state index in [4.69, 9.17) is 16.9 Å². The molecule has 0 saturated carbocycles. The van der Waals surface area contributed by atoms with Crippen molar-refractivity contribution in [2.24, 2.45) is 0 Å². The summed E-state index contributed by atoms with van der Waals surface area (Å²) in [5.41, 5.74) is 4.13. The molecule has 0 radical (unpaired) electrons. The van der Waals surface area contributed by atoms with Crippen LogP contribution in [0.2, 0.25) is 5.02 Å². The molecule has 0 aliphatic heterocycles. The van der Waals surface area contributed by atoms with Crippen LogP contribution in [0.25, 0.3) is 0 Å². The van der Waals surface area contributed by atoms with Gasteiger partial charge >= 0.3 is 0 Å². The predicted octanol–water partition coefficient (Wildman–Crippen LogP) is 3.84. The molecule has 1 N–H and O–H groups in total. The third-order valence-corrected chi connectivity index (χ3v) is 3.30. The first-order valence-corrected chi connectivity index (χ1v) is 6.37. The molecular weight excluding hydrogens is 254 g/mol. The third-order valence-electron chi connectivity index (χ3n) is 2.37. The highest BCUT2D eigenvalue weighted by molar-refractivity contribution is 7.07. The molecule has 0 aliphatic rings.